The maximum Gasteiger partial charge on any atom is 3.00 e. The number of hydrogen-bond acceptors (Lipinski definition) is 9. The number of aliphatic carboxylic acids is 1. The summed E-state index contributed by atoms with van der Waals surface area (Å²) in [5.41, 5.74) is 13.0. The van der Waals surface area contributed by atoms with Crippen molar-refractivity contribution in [3.05, 3.63) is 96.0 Å². The Bertz CT molecular complexity index is 2460. The Morgan fingerprint density at radius 3 is 2.15 bits per heavy atom. The summed E-state index contributed by atoms with van der Waals surface area (Å²) in [6, 6.07) is 7.78. The monoisotopic (exact) mass is 902 g/mol. The van der Waals surface area contributed by atoms with E-state index in [0.29, 0.717) is 67.9 Å². The summed E-state index contributed by atoms with van der Waals surface area (Å²) < 4.78 is 11.3. The van der Waals surface area contributed by atoms with Gasteiger partial charge in [-0.25, -0.2) is 9.97 Å². The molecule has 1 N–H and O–H groups in total. The van der Waals surface area contributed by atoms with Gasteiger partial charge in [0.15, 0.2) is 0 Å². The first kappa shape index (κ1) is 49.8. The van der Waals surface area contributed by atoms with Gasteiger partial charge in [-0.1, -0.05) is 73.2 Å². The number of ether oxygens (including phenoxy) is 2. The van der Waals surface area contributed by atoms with Crippen molar-refractivity contribution in [3.63, 3.8) is 0 Å². The summed E-state index contributed by atoms with van der Waals surface area (Å²) in [7, 11) is 0. The first-order chi connectivity index (χ1) is 28.8. The van der Waals surface area contributed by atoms with Gasteiger partial charge in [-0.2, -0.15) is 0 Å². The molecular weight excluding hydrogens is 846 g/mol. The Hall–Kier alpha value is -4.85. The number of allylic oxidation sites excluding steroid dienone is 5. The van der Waals surface area contributed by atoms with E-state index in [4.69, 9.17) is 29.4 Å². The number of carboxylic acid groups (broad SMARTS) is 1. The van der Waals surface area contributed by atoms with Crippen molar-refractivity contribution >= 4 is 85.8 Å². The van der Waals surface area contributed by atoms with Crippen molar-refractivity contribution in [2.45, 2.75) is 84.8 Å². The molecule has 1 radical (unpaired) electrons. The molecule has 1 unspecified atom stereocenters. The Balaban J connectivity index is 0.00000422. The van der Waals surface area contributed by atoms with Crippen molar-refractivity contribution in [2.75, 3.05) is 38.7 Å². The predicted molar refractivity (Wildman–Crippen MR) is 244 cm³/mol. The second-order valence-corrected chi connectivity index (χ2v) is 16.6. The molecule has 3 aliphatic heterocycles. The van der Waals surface area contributed by atoms with Gasteiger partial charge in [0.2, 0.25) is 11.8 Å². The van der Waals surface area contributed by atoms with Gasteiger partial charge in [0.25, 0.3) is 0 Å². The minimum absolute atomic E-state index is 0. The van der Waals surface area contributed by atoms with Crippen LogP contribution in [0.4, 0.5) is 0 Å². The van der Waals surface area contributed by atoms with Gasteiger partial charge in [-0.3, -0.25) is 24.1 Å². The van der Waals surface area contributed by atoms with Crippen molar-refractivity contribution in [2.24, 2.45) is 0 Å². The van der Waals surface area contributed by atoms with Crippen LogP contribution in [0.25, 0.3) is 50.4 Å². The molecule has 1 fully saturated rings. The second kappa shape index (κ2) is 22.5. The number of aryl methyl sites for hydroxylation is 3. The van der Waals surface area contributed by atoms with Crippen LogP contribution in [0.15, 0.2) is 43.5 Å². The summed E-state index contributed by atoms with van der Waals surface area (Å²) in [5.74, 6) is -0.299. The van der Waals surface area contributed by atoms with Gasteiger partial charge < -0.3 is 32.0 Å². The number of rotatable bonds is 20. The van der Waals surface area contributed by atoms with Crippen LogP contribution in [-0.4, -0.2) is 87.5 Å². The van der Waals surface area contributed by atoms with Crippen molar-refractivity contribution < 1.29 is 50.8 Å². The molecule has 6 heterocycles. The average molecular weight is 903 g/mol. The first-order valence-corrected chi connectivity index (χ1v) is 21.5. The van der Waals surface area contributed by atoms with Crippen LogP contribution in [0.2, 0.25) is 0 Å². The predicted octanol–water partition coefficient (Wildman–Crippen LogP) is 8.39. The molecule has 0 aliphatic carbocycles. The number of Topliss-reactive ketones (excluding diaryl/α,β-unsaturated/α-hetero) is 1. The molecule has 329 valence electrons. The van der Waals surface area contributed by atoms with Gasteiger partial charge in [0.1, 0.15) is 5.78 Å². The van der Waals surface area contributed by atoms with E-state index in [2.05, 4.69) is 13.2 Å². The number of carboxylic acids is 1. The standard InChI is InChI=1S/C47H54N5O7S.CH3.Fe/c1-8-32-27(4)36-22-37-29(6)34(14-13-31(53)12-11-18-58-20-21-59-19-17-52-45(54)26-44(47(52)57)60-10-3)42(50-37)25-43-35(15-16-46(55)56)30(7)39(51-43)24-41-33(9-2)28(5)38(49-41)23-40(32)48-36;;/h8-9,22-25,44H,1-2,10-21,26H2,3-7H3,(H2-,48,49,50,51,55,56);1H3;/q2*-1;+3/p-1. The normalized spacial score (nSPS) is 14.9. The van der Waals surface area contributed by atoms with Crippen LogP contribution >= 0.6 is 11.8 Å². The largest absolute Gasteiger partial charge is 3.00 e. The molecule has 3 aliphatic rings. The summed E-state index contributed by atoms with van der Waals surface area (Å²) in [6.07, 6.45) is 5.76. The van der Waals surface area contributed by atoms with E-state index in [0.717, 1.165) is 72.7 Å². The fourth-order valence-electron chi connectivity index (χ4n) is 7.84. The fourth-order valence-corrected chi connectivity index (χ4v) is 8.77. The third kappa shape index (κ3) is 11.2. The first-order valence-electron chi connectivity index (χ1n) is 20.5. The smallest absolute Gasteiger partial charge is 0.657 e. The summed E-state index contributed by atoms with van der Waals surface area (Å²) in [4.78, 5) is 71.0. The number of carbonyl (C=O) groups excluding carboxylic acids is 3. The van der Waals surface area contributed by atoms with Crippen LogP contribution in [0.5, 0.6) is 0 Å². The van der Waals surface area contributed by atoms with Gasteiger partial charge >= 0.3 is 23.0 Å². The fraction of sp³-hybridized carbons (Fsp3) is 0.396. The van der Waals surface area contributed by atoms with Gasteiger partial charge in [-0.05, 0) is 75.0 Å². The molecule has 1 saturated heterocycles. The Morgan fingerprint density at radius 2 is 1.45 bits per heavy atom. The van der Waals surface area contributed by atoms with Crippen LogP contribution < -0.4 is 9.97 Å². The van der Waals surface area contributed by atoms with E-state index in [-0.39, 0.29) is 79.8 Å². The number of likely N-dealkylation sites (tertiary alicyclic amines) is 1. The van der Waals surface area contributed by atoms with Crippen molar-refractivity contribution in [1.82, 2.24) is 24.8 Å². The molecule has 0 saturated carbocycles. The van der Waals surface area contributed by atoms with Gasteiger partial charge in [0, 0.05) is 37.9 Å². The minimum atomic E-state index is -0.897. The molecule has 2 amide bonds. The average Bonchev–Trinajstić information content (AvgIpc) is 3.94. The molecule has 1 atom stereocenters. The zero-order valence-electron chi connectivity index (χ0n) is 36.5. The van der Waals surface area contributed by atoms with E-state index in [1.165, 1.54) is 16.7 Å². The second-order valence-electron chi connectivity index (χ2n) is 15.1. The van der Waals surface area contributed by atoms with Crippen molar-refractivity contribution in [1.29, 1.82) is 0 Å². The number of aromatic nitrogens is 4. The third-order valence-electron chi connectivity index (χ3n) is 11.3. The number of hydrogen-bond donors (Lipinski definition) is 1. The number of nitrogens with zero attached hydrogens (tertiary/aromatic N) is 5. The Kier molecular flexibility index (Phi) is 18.1. The Labute approximate surface area is 379 Å². The van der Waals surface area contributed by atoms with Crippen LogP contribution in [0.3, 0.4) is 0 Å². The number of imide groups is 1. The minimum Gasteiger partial charge on any atom is -0.657 e. The SMILES string of the molecule is C=CC1=C(C)c2cc3[n-]c(cc4nc(cc5[n-]c(cc1n2)c(C)c5C=C)C(C)=C4CCC(=O)O)c(CCC(=O)CCCOCCOCCN1C(=O)CC(SCC)C1=O)c3C.[CH3-].[Fe+3]. The van der Waals surface area contributed by atoms with E-state index >= 15 is 0 Å². The van der Waals surface area contributed by atoms with Crippen LogP contribution in [0.1, 0.15) is 104 Å². The summed E-state index contributed by atoms with van der Waals surface area (Å²) >= 11 is 1.49. The molecule has 62 heavy (non-hydrogen) atoms. The maximum atomic E-state index is 13.2. The zero-order chi connectivity index (χ0) is 43.1. The number of fused-ring (bicyclic) bond motifs is 8. The van der Waals surface area contributed by atoms with Gasteiger partial charge in [0.05, 0.1) is 54.4 Å². The molecule has 0 spiro atoms. The van der Waals surface area contributed by atoms with Gasteiger partial charge in [-0.15, -0.1) is 33.8 Å². The molecule has 14 heteroatoms. The maximum absolute atomic E-state index is 13.2. The molecular formula is C48H56FeN5O7S. The number of ketones is 1. The molecule has 0 aromatic carbocycles. The van der Waals surface area contributed by atoms with E-state index in [1.807, 2.05) is 65.0 Å². The number of thioether (sulfide) groups is 1. The molecule has 3 aromatic heterocycles. The number of amides is 2. The van der Waals surface area contributed by atoms with Crippen molar-refractivity contribution in [3.8, 4) is 0 Å². The number of carbonyl (C=O) groups is 4. The molecule has 8 bridgehead atoms. The molecule has 12 nitrogen and oxygen atoms in total. The van der Waals surface area contributed by atoms with E-state index in [9.17, 15) is 24.3 Å². The van der Waals surface area contributed by atoms with E-state index in [1.54, 1.807) is 6.08 Å². The topological polar surface area (TPSA) is 164 Å². The van der Waals surface area contributed by atoms with Crippen LogP contribution in [0, 0.1) is 21.3 Å². The van der Waals surface area contributed by atoms with Crippen LogP contribution in [-0.2, 0) is 52.1 Å². The van der Waals surface area contributed by atoms with E-state index < -0.39 is 5.97 Å². The Morgan fingerprint density at radius 1 is 0.823 bits per heavy atom. The zero-order valence-corrected chi connectivity index (χ0v) is 38.5. The summed E-state index contributed by atoms with van der Waals surface area (Å²) in [6.45, 7) is 19.6. The quantitative estimate of drug-likeness (QED) is 0.0499. The molecule has 3 aromatic rings. The summed E-state index contributed by atoms with van der Waals surface area (Å²) in [5, 5.41) is 9.35. The third-order valence-corrected chi connectivity index (χ3v) is 12.4. The molecule has 6 rings (SSSR count).